The predicted octanol–water partition coefficient (Wildman–Crippen LogP) is 1.70. The van der Waals surface area contributed by atoms with Gasteiger partial charge in [-0.2, -0.15) is 0 Å². The first-order valence-corrected chi connectivity index (χ1v) is 6.14. The average Bonchev–Trinajstić information content (AvgIpc) is 2.81. The fraction of sp³-hybridized carbons (Fsp3) is 0.286. The first-order chi connectivity index (χ1) is 9.11. The van der Waals surface area contributed by atoms with Crippen LogP contribution < -0.4 is 10.6 Å². The van der Waals surface area contributed by atoms with Gasteiger partial charge in [0.25, 0.3) is 5.91 Å². The molecule has 5 heteroatoms. The van der Waals surface area contributed by atoms with Crippen molar-refractivity contribution in [3.63, 3.8) is 0 Å². The van der Waals surface area contributed by atoms with Crippen molar-refractivity contribution in [3.8, 4) is 0 Å². The molecule has 1 aromatic carbocycles. The van der Waals surface area contributed by atoms with Crippen LogP contribution in [0.5, 0.6) is 0 Å². The summed E-state index contributed by atoms with van der Waals surface area (Å²) in [4.78, 5) is 16.3. The molecule has 0 aliphatic rings. The second-order valence-electron chi connectivity index (χ2n) is 4.44. The van der Waals surface area contributed by atoms with Gasteiger partial charge in [-0.3, -0.25) is 4.79 Å². The summed E-state index contributed by atoms with van der Waals surface area (Å²) in [5.74, 6) is 0.721. The van der Waals surface area contributed by atoms with Crippen LogP contribution in [0.25, 0.3) is 0 Å². The van der Waals surface area contributed by atoms with Gasteiger partial charge >= 0.3 is 0 Å². The van der Waals surface area contributed by atoms with Crippen molar-refractivity contribution in [3.05, 3.63) is 47.5 Å². The Morgan fingerprint density at radius 2 is 2.21 bits per heavy atom. The van der Waals surface area contributed by atoms with Crippen LogP contribution in [0.3, 0.4) is 0 Å². The van der Waals surface area contributed by atoms with Gasteiger partial charge < -0.3 is 15.2 Å². The van der Waals surface area contributed by atoms with Crippen LogP contribution in [-0.2, 0) is 13.6 Å². The van der Waals surface area contributed by atoms with Gasteiger partial charge in [-0.15, -0.1) is 0 Å². The number of rotatable bonds is 4. The van der Waals surface area contributed by atoms with Gasteiger partial charge in [0.2, 0.25) is 0 Å². The van der Waals surface area contributed by atoms with E-state index in [0.717, 1.165) is 17.1 Å². The maximum Gasteiger partial charge on any atom is 0.253 e. The molecule has 1 amide bonds. The number of nitrogens with zero attached hydrogens (tertiary/aromatic N) is 2. The Hall–Kier alpha value is -2.30. The normalized spacial score (nSPS) is 10.3. The number of hydrogen-bond donors (Lipinski definition) is 2. The Labute approximate surface area is 112 Å². The van der Waals surface area contributed by atoms with Crippen LogP contribution in [0, 0.1) is 6.92 Å². The largest absolute Gasteiger partial charge is 0.387 e. The molecule has 0 spiro atoms. The molecule has 0 aliphatic heterocycles. The van der Waals surface area contributed by atoms with Crippen LogP contribution in [0.15, 0.2) is 30.6 Å². The predicted molar refractivity (Wildman–Crippen MR) is 75.1 cm³/mol. The van der Waals surface area contributed by atoms with E-state index < -0.39 is 0 Å². The molecule has 0 radical (unpaired) electrons. The average molecular weight is 258 g/mol. The molecule has 2 aromatic rings. The van der Waals surface area contributed by atoms with E-state index in [0.29, 0.717) is 12.1 Å². The number of carbonyl (C=O) groups excluding carboxylic acids is 1. The fourth-order valence-corrected chi connectivity index (χ4v) is 1.88. The van der Waals surface area contributed by atoms with E-state index in [4.69, 9.17) is 0 Å². The molecule has 0 saturated heterocycles. The number of carbonyl (C=O) groups is 1. The lowest BCUT2D eigenvalue weighted by Crippen LogP contribution is -2.25. The summed E-state index contributed by atoms with van der Waals surface area (Å²) in [7, 11) is 3.71. The van der Waals surface area contributed by atoms with E-state index in [1.54, 1.807) is 6.20 Å². The number of hydrogen-bond acceptors (Lipinski definition) is 3. The van der Waals surface area contributed by atoms with Crippen molar-refractivity contribution >= 4 is 11.6 Å². The van der Waals surface area contributed by atoms with E-state index in [2.05, 4.69) is 15.6 Å². The minimum atomic E-state index is -0.104. The lowest BCUT2D eigenvalue weighted by atomic mass is 10.1. The second kappa shape index (κ2) is 5.56. The molecule has 1 aromatic heterocycles. The van der Waals surface area contributed by atoms with Crippen LogP contribution in [0.1, 0.15) is 21.7 Å². The van der Waals surface area contributed by atoms with E-state index in [9.17, 15) is 4.79 Å². The molecule has 0 bridgehead atoms. The third kappa shape index (κ3) is 2.93. The maximum atomic E-state index is 12.2. The molecule has 1 heterocycles. The highest BCUT2D eigenvalue weighted by molar-refractivity contribution is 5.99. The number of anilines is 1. The Kier molecular flexibility index (Phi) is 3.85. The highest BCUT2D eigenvalue weighted by Crippen LogP contribution is 2.16. The topological polar surface area (TPSA) is 59.0 Å². The Bertz CT molecular complexity index is 589. The summed E-state index contributed by atoms with van der Waals surface area (Å²) < 4.78 is 1.88. The Morgan fingerprint density at radius 3 is 2.84 bits per heavy atom. The van der Waals surface area contributed by atoms with Gasteiger partial charge in [0.1, 0.15) is 5.82 Å². The smallest absolute Gasteiger partial charge is 0.253 e. The summed E-state index contributed by atoms with van der Waals surface area (Å²) in [6, 6.07) is 5.71. The lowest BCUT2D eigenvalue weighted by Gasteiger charge is -2.10. The Morgan fingerprint density at radius 1 is 1.42 bits per heavy atom. The highest BCUT2D eigenvalue weighted by Gasteiger charge is 2.11. The molecule has 2 rings (SSSR count). The number of amides is 1. The monoisotopic (exact) mass is 258 g/mol. The number of aryl methyl sites for hydroxylation is 2. The lowest BCUT2D eigenvalue weighted by molar-refractivity contribution is 0.0950. The summed E-state index contributed by atoms with van der Waals surface area (Å²) in [6.07, 6.45) is 3.57. The van der Waals surface area contributed by atoms with E-state index in [-0.39, 0.29) is 5.91 Å². The molecular formula is C14H18N4O. The number of nitrogens with one attached hydrogen (secondary N) is 2. The summed E-state index contributed by atoms with van der Waals surface area (Å²) >= 11 is 0. The summed E-state index contributed by atoms with van der Waals surface area (Å²) in [6.45, 7) is 2.41. The van der Waals surface area contributed by atoms with Crippen molar-refractivity contribution in [2.75, 3.05) is 12.4 Å². The van der Waals surface area contributed by atoms with Crippen molar-refractivity contribution in [1.82, 2.24) is 14.9 Å². The van der Waals surface area contributed by atoms with Gasteiger partial charge in [-0.05, 0) is 24.6 Å². The fourth-order valence-electron chi connectivity index (χ4n) is 1.88. The first kappa shape index (κ1) is 13.1. The molecule has 0 fully saturated rings. The third-order valence-corrected chi connectivity index (χ3v) is 3.02. The Balaban J connectivity index is 2.10. The number of aromatic nitrogens is 2. The van der Waals surface area contributed by atoms with E-state index in [1.807, 2.05) is 50.0 Å². The number of benzene rings is 1. The maximum absolute atomic E-state index is 12.2. The van der Waals surface area contributed by atoms with Crippen LogP contribution in [-0.4, -0.2) is 22.5 Å². The SMILES string of the molecule is CNc1cc(C)ccc1C(=O)NCc1nccn1C. The van der Waals surface area contributed by atoms with Gasteiger partial charge in [0.15, 0.2) is 0 Å². The van der Waals surface area contributed by atoms with Crippen molar-refractivity contribution in [2.45, 2.75) is 13.5 Å². The minimum Gasteiger partial charge on any atom is -0.387 e. The minimum absolute atomic E-state index is 0.104. The van der Waals surface area contributed by atoms with Crippen molar-refractivity contribution in [2.24, 2.45) is 7.05 Å². The van der Waals surface area contributed by atoms with E-state index in [1.165, 1.54) is 0 Å². The molecule has 0 atom stereocenters. The van der Waals surface area contributed by atoms with Crippen molar-refractivity contribution < 1.29 is 4.79 Å². The zero-order valence-electron chi connectivity index (χ0n) is 11.4. The molecule has 100 valence electrons. The molecule has 0 saturated carbocycles. The van der Waals surface area contributed by atoms with Crippen LogP contribution >= 0.6 is 0 Å². The molecule has 5 nitrogen and oxygen atoms in total. The van der Waals surface area contributed by atoms with Gasteiger partial charge in [-0.25, -0.2) is 4.98 Å². The van der Waals surface area contributed by atoms with Gasteiger partial charge in [0, 0.05) is 32.2 Å². The quantitative estimate of drug-likeness (QED) is 0.877. The number of imidazole rings is 1. The molecule has 0 unspecified atom stereocenters. The van der Waals surface area contributed by atoms with Gasteiger partial charge in [0.05, 0.1) is 12.1 Å². The summed E-state index contributed by atoms with van der Waals surface area (Å²) in [5.41, 5.74) is 2.59. The third-order valence-electron chi connectivity index (χ3n) is 3.02. The molecule has 19 heavy (non-hydrogen) atoms. The standard InChI is InChI=1S/C14H18N4O/c1-10-4-5-11(12(8-10)15-2)14(19)17-9-13-16-6-7-18(13)3/h4-8,15H,9H2,1-3H3,(H,17,19). The van der Waals surface area contributed by atoms with Gasteiger partial charge in [-0.1, -0.05) is 6.07 Å². The highest BCUT2D eigenvalue weighted by atomic mass is 16.1. The summed E-state index contributed by atoms with van der Waals surface area (Å²) in [5, 5.41) is 5.91. The first-order valence-electron chi connectivity index (χ1n) is 6.14. The van der Waals surface area contributed by atoms with Crippen LogP contribution in [0.4, 0.5) is 5.69 Å². The molecule has 0 aliphatic carbocycles. The zero-order valence-corrected chi connectivity index (χ0v) is 11.4. The molecule has 2 N–H and O–H groups in total. The van der Waals surface area contributed by atoms with Crippen molar-refractivity contribution in [1.29, 1.82) is 0 Å². The molecular weight excluding hydrogens is 240 g/mol. The van der Waals surface area contributed by atoms with E-state index >= 15 is 0 Å². The zero-order chi connectivity index (χ0) is 13.8. The van der Waals surface area contributed by atoms with Crippen LogP contribution in [0.2, 0.25) is 0 Å². The second-order valence-corrected chi connectivity index (χ2v) is 4.44.